The molecule has 0 spiro atoms. The van der Waals surface area contributed by atoms with E-state index in [2.05, 4.69) is 15.0 Å². The Bertz CT molecular complexity index is 978. The van der Waals surface area contributed by atoms with Gasteiger partial charge in [-0.05, 0) is 0 Å². The molecule has 0 amide bonds. The van der Waals surface area contributed by atoms with E-state index in [1.165, 1.54) is 12.7 Å². The highest BCUT2D eigenvalue weighted by molar-refractivity contribution is 7.45. The van der Waals surface area contributed by atoms with Crippen molar-refractivity contribution in [2.75, 3.05) is 12.3 Å². The average molecular weight is 560 g/mol. The highest BCUT2D eigenvalue weighted by Crippen LogP contribution is 2.30. The minimum atomic E-state index is -4.64. The van der Waals surface area contributed by atoms with E-state index in [4.69, 9.17) is 79.0 Å². The van der Waals surface area contributed by atoms with Gasteiger partial charge in [0.1, 0.15) is 24.1 Å². The number of hydrogen-bond donors (Lipinski definition) is 13. The summed E-state index contributed by atoms with van der Waals surface area (Å²) in [6.07, 6.45) is 0.456. The summed E-state index contributed by atoms with van der Waals surface area (Å²) in [7, 11) is -13.9. The second kappa shape index (κ2) is 13.0. The third-order valence-corrected chi connectivity index (χ3v) is 3.26. The first-order valence-electron chi connectivity index (χ1n) is 8.11. The molecule has 3 heterocycles. The van der Waals surface area contributed by atoms with Crippen molar-refractivity contribution in [3.63, 3.8) is 0 Å². The molecule has 1 aliphatic rings. The molecule has 0 aromatic carbocycles. The standard InChI is InChI=1S/C10H14N6O3.3H3O4P/c11-5-7(18)4(1-17)19-10(5)16-3-15-6-8(12)13-2-14-9(6)16;3*1-5(2,3)4/h2-5,7,10,17-18H,1,11H2,(H2,12,13,14);3*(H3,1,2,3,4)/t4-,5?,7-,10-;;;/m1.../s1. The molecule has 1 saturated heterocycles. The van der Waals surface area contributed by atoms with E-state index in [-0.39, 0.29) is 12.4 Å². The fourth-order valence-corrected chi connectivity index (χ4v) is 2.23. The van der Waals surface area contributed by atoms with Crippen LogP contribution in [0.5, 0.6) is 0 Å². The largest absolute Gasteiger partial charge is 0.466 e. The summed E-state index contributed by atoms with van der Waals surface area (Å²) in [5.41, 5.74) is 12.5. The third-order valence-electron chi connectivity index (χ3n) is 3.26. The Morgan fingerprint density at radius 2 is 1.35 bits per heavy atom. The molecule has 0 bridgehead atoms. The lowest BCUT2D eigenvalue weighted by atomic mass is 10.1. The van der Waals surface area contributed by atoms with Crippen molar-refractivity contribution in [2.45, 2.75) is 24.5 Å². The minimum Gasteiger partial charge on any atom is -0.394 e. The molecule has 4 atom stereocenters. The van der Waals surface area contributed by atoms with Gasteiger partial charge in [0, 0.05) is 0 Å². The Balaban J connectivity index is 0.000000599. The van der Waals surface area contributed by atoms with Crippen molar-refractivity contribution < 1.29 is 72.7 Å². The number of imidazole rings is 1. The molecule has 21 nitrogen and oxygen atoms in total. The molecule has 3 rings (SSSR count). The minimum absolute atomic E-state index is 0.259. The van der Waals surface area contributed by atoms with Crippen LogP contribution in [0, 0.1) is 0 Å². The molecule has 15 N–H and O–H groups in total. The quantitative estimate of drug-likeness (QED) is 0.153. The van der Waals surface area contributed by atoms with Crippen LogP contribution in [-0.2, 0) is 18.4 Å². The maximum atomic E-state index is 9.85. The van der Waals surface area contributed by atoms with Crippen molar-refractivity contribution >= 4 is 40.4 Å². The van der Waals surface area contributed by atoms with E-state index < -0.39 is 47.9 Å². The van der Waals surface area contributed by atoms with Crippen LogP contribution in [-0.4, -0.2) is 98.6 Å². The lowest BCUT2D eigenvalue weighted by molar-refractivity contribution is -0.0437. The van der Waals surface area contributed by atoms with E-state index in [9.17, 15) is 5.11 Å². The van der Waals surface area contributed by atoms with Crippen molar-refractivity contribution in [2.24, 2.45) is 5.73 Å². The number of ether oxygens (including phenoxy) is 1. The van der Waals surface area contributed by atoms with Gasteiger partial charge in [0.15, 0.2) is 17.7 Å². The molecule has 2 aromatic rings. The van der Waals surface area contributed by atoms with Gasteiger partial charge in [-0.2, -0.15) is 0 Å². The summed E-state index contributed by atoms with van der Waals surface area (Å²) in [4.78, 5) is 76.7. The second-order valence-corrected chi connectivity index (χ2v) is 9.02. The summed E-state index contributed by atoms with van der Waals surface area (Å²) < 4.78 is 33.8. The van der Waals surface area contributed by atoms with Crippen LogP contribution in [0.4, 0.5) is 5.82 Å². The molecule has 2 aromatic heterocycles. The summed E-state index contributed by atoms with van der Waals surface area (Å²) in [6.45, 7) is -0.310. The first kappa shape index (κ1) is 32.5. The lowest BCUT2D eigenvalue weighted by Gasteiger charge is -2.17. The summed E-state index contributed by atoms with van der Waals surface area (Å²) >= 11 is 0. The number of phosphoric acid groups is 3. The molecule has 1 unspecified atom stereocenters. The van der Waals surface area contributed by atoms with Gasteiger partial charge in [-0.15, -0.1) is 0 Å². The number of nitrogens with zero attached hydrogens (tertiary/aromatic N) is 4. The number of aliphatic hydroxyl groups excluding tert-OH is 2. The molecule has 0 saturated carbocycles. The number of aliphatic hydroxyl groups is 2. The third kappa shape index (κ3) is 14.0. The zero-order chi connectivity index (χ0) is 27.1. The SMILES string of the molecule is Nc1ncnc2c1ncn2[C@@H]1O[C@H](CO)[C@@H](O)C1N.O=P(O)(O)O.O=P(O)(O)O.O=P(O)(O)O. The molecule has 1 aliphatic heterocycles. The number of aromatic nitrogens is 4. The number of fused-ring (bicyclic) bond motifs is 1. The molecule has 24 heteroatoms. The van der Waals surface area contributed by atoms with Gasteiger partial charge in [-0.25, -0.2) is 28.6 Å². The predicted octanol–water partition coefficient (Wildman–Crippen LogP) is -4.80. The number of hydrogen-bond acceptors (Lipinski definition) is 11. The average Bonchev–Trinajstić information content (AvgIpc) is 3.13. The maximum absolute atomic E-state index is 9.85. The smallest absolute Gasteiger partial charge is 0.394 e. The summed E-state index contributed by atoms with van der Waals surface area (Å²) in [5.74, 6) is 0.259. The van der Waals surface area contributed by atoms with Crippen LogP contribution < -0.4 is 11.5 Å². The fourth-order valence-electron chi connectivity index (χ4n) is 2.23. The Morgan fingerprint density at radius 1 is 0.912 bits per heavy atom. The highest BCUT2D eigenvalue weighted by atomic mass is 31.2. The Labute approximate surface area is 188 Å². The van der Waals surface area contributed by atoms with Crippen LogP contribution in [0.3, 0.4) is 0 Å². The van der Waals surface area contributed by atoms with Crippen LogP contribution in [0.15, 0.2) is 12.7 Å². The van der Waals surface area contributed by atoms with Crippen molar-refractivity contribution in [3.8, 4) is 0 Å². The fraction of sp³-hybridized carbons (Fsp3) is 0.500. The first-order chi connectivity index (χ1) is 15.1. The molecular formula is C10H23N6O15P3. The van der Waals surface area contributed by atoms with Crippen molar-refractivity contribution in [3.05, 3.63) is 12.7 Å². The van der Waals surface area contributed by atoms with Crippen LogP contribution in [0.25, 0.3) is 11.2 Å². The molecule has 0 aliphatic carbocycles. The van der Waals surface area contributed by atoms with E-state index in [1.54, 1.807) is 4.57 Å². The van der Waals surface area contributed by atoms with E-state index in [0.29, 0.717) is 11.2 Å². The van der Waals surface area contributed by atoms with Gasteiger partial charge >= 0.3 is 23.5 Å². The van der Waals surface area contributed by atoms with E-state index >= 15 is 0 Å². The number of rotatable bonds is 2. The Hall–Kier alpha value is -1.48. The van der Waals surface area contributed by atoms with Crippen LogP contribution >= 0.6 is 23.5 Å². The molecule has 1 fully saturated rings. The van der Waals surface area contributed by atoms with Gasteiger partial charge < -0.3 is 70.5 Å². The molecule has 34 heavy (non-hydrogen) atoms. The molecule has 198 valence electrons. The molecule has 0 radical (unpaired) electrons. The number of anilines is 1. The summed E-state index contributed by atoms with van der Waals surface area (Å²) in [6, 6.07) is -0.689. The Morgan fingerprint density at radius 3 is 1.74 bits per heavy atom. The monoisotopic (exact) mass is 560 g/mol. The van der Waals surface area contributed by atoms with Gasteiger partial charge in [0.2, 0.25) is 0 Å². The number of nitrogen functional groups attached to an aromatic ring is 1. The predicted molar refractivity (Wildman–Crippen MR) is 108 cm³/mol. The zero-order valence-electron chi connectivity index (χ0n) is 16.5. The van der Waals surface area contributed by atoms with Crippen LogP contribution in [0.2, 0.25) is 0 Å². The Kier molecular flexibility index (Phi) is 12.4. The van der Waals surface area contributed by atoms with Gasteiger partial charge in [-0.1, -0.05) is 0 Å². The lowest BCUT2D eigenvalue weighted by Crippen LogP contribution is -2.39. The van der Waals surface area contributed by atoms with Gasteiger partial charge in [-0.3, -0.25) is 4.57 Å². The summed E-state index contributed by atoms with van der Waals surface area (Å²) in [5, 5.41) is 19.0. The number of nitrogens with two attached hydrogens (primary N) is 2. The van der Waals surface area contributed by atoms with E-state index in [0.717, 1.165) is 0 Å². The van der Waals surface area contributed by atoms with Gasteiger partial charge in [0.25, 0.3) is 0 Å². The normalized spacial score (nSPS) is 22.6. The second-order valence-electron chi connectivity index (χ2n) is 5.94. The van der Waals surface area contributed by atoms with Crippen LogP contribution in [0.1, 0.15) is 6.23 Å². The topological polar surface area (TPSA) is 379 Å². The first-order valence-corrected chi connectivity index (χ1v) is 12.8. The maximum Gasteiger partial charge on any atom is 0.466 e. The van der Waals surface area contributed by atoms with Gasteiger partial charge in [0.05, 0.1) is 19.0 Å². The molecular weight excluding hydrogens is 537 g/mol. The zero-order valence-corrected chi connectivity index (χ0v) is 19.2. The highest BCUT2D eigenvalue weighted by Gasteiger charge is 2.42. The van der Waals surface area contributed by atoms with E-state index in [1.807, 2.05) is 0 Å². The van der Waals surface area contributed by atoms with Crippen molar-refractivity contribution in [1.82, 2.24) is 19.5 Å². The van der Waals surface area contributed by atoms with Crippen molar-refractivity contribution in [1.29, 1.82) is 0 Å².